The summed E-state index contributed by atoms with van der Waals surface area (Å²) in [6.45, 7) is 2.50. The first-order valence-corrected chi connectivity index (χ1v) is 13.1. The van der Waals surface area contributed by atoms with E-state index in [1.807, 2.05) is 41.3 Å². The number of benzene rings is 1. The summed E-state index contributed by atoms with van der Waals surface area (Å²) in [5, 5.41) is 6.51. The fourth-order valence-corrected chi connectivity index (χ4v) is 5.09. The average Bonchev–Trinajstić information content (AvgIpc) is 3.06. The van der Waals surface area contributed by atoms with Crippen molar-refractivity contribution in [2.75, 3.05) is 56.0 Å². The number of rotatable bonds is 6. The van der Waals surface area contributed by atoms with Crippen LogP contribution in [0.4, 0.5) is 23.1 Å². The highest BCUT2D eigenvalue weighted by Crippen LogP contribution is 2.36. The van der Waals surface area contributed by atoms with Crippen molar-refractivity contribution in [1.82, 2.24) is 20.2 Å². The van der Waals surface area contributed by atoms with E-state index in [4.69, 9.17) is 9.72 Å². The molecule has 38 heavy (non-hydrogen) atoms. The fraction of sp³-hybridized carbons (Fsp3) is 0.429. The molecule has 1 fully saturated rings. The van der Waals surface area contributed by atoms with Crippen molar-refractivity contribution in [1.29, 1.82) is 0 Å². The van der Waals surface area contributed by atoms with Gasteiger partial charge >= 0.3 is 0 Å². The summed E-state index contributed by atoms with van der Waals surface area (Å²) in [5.74, 6) is 1.65. The molecule has 2 N–H and O–H groups in total. The standard InChI is InChI=1S/C28H35N7O3/c1-33-14-11-20(12-15-33)30-27(37)19-9-10-22(24(17-19)38-3)31-28-29-18-23-26(32-28)35(16-13-25(36)34(23)2)21-7-5-4-6-8-21/h4-8,17-18,20H,9-16H2,1-3H3,(H,30,37)(H,29,31,32). The number of nitrogens with one attached hydrogen (secondary N) is 2. The van der Waals surface area contributed by atoms with Gasteiger partial charge in [-0.1, -0.05) is 18.2 Å². The van der Waals surface area contributed by atoms with E-state index in [0.717, 1.165) is 37.3 Å². The number of carbonyl (C=O) groups is 2. The number of methoxy groups -OCH3 is 1. The first kappa shape index (κ1) is 25.7. The molecule has 3 aliphatic rings. The van der Waals surface area contributed by atoms with E-state index in [0.29, 0.717) is 54.6 Å². The number of piperidine rings is 1. The molecule has 3 heterocycles. The highest BCUT2D eigenvalue weighted by Gasteiger charge is 2.28. The molecule has 2 amide bonds. The first-order valence-electron chi connectivity index (χ1n) is 13.1. The lowest BCUT2D eigenvalue weighted by atomic mass is 9.99. The number of allylic oxidation sites excluding steroid dienone is 2. The van der Waals surface area contributed by atoms with E-state index >= 15 is 0 Å². The topological polar surface area (TPSA) is 103 Å². The SMILES string of the molecule is COC1=C(Nc2ncc3c(n2)N(c2ccccc2)CCC(=O)N3C)CCC(C(=O)NC2CCN(C)CC2)=C1. The van der Waals surface area contributed by atoms with Crippen LogP contribution in [0.3, 0.4) is 0 Å². The molecule has 10 heteroatoms. The number of aromatic nitrogens is 2. The third-order valence-electron chi connectivity index (χ3n) is 7.43. The Balaban J connectivity index is 1.38. The van der Waals surface area contributed by atoms with Gasteiger partial charge in [0, 0.05) is 37.3 Å². The molecule has 0 atom stereocenters. The maximum atomic E-state index is 12.9. The molecule has 1 aromatic heterocycles. The van der Waals surface area contributed by atoms with Crippen LogP contribution in [0.1, 0.15) is 32.1 Å². The van der Waals surface area contributed by atoms with E-state index in [1.165, 1.54) is 0 Å². The second kappa shape index (κ2) is 11.2. The maximum Gasteiger partial charge on any atom is 0.247 e. The Morgan fingerprint density at radius 1 is 1.05 bits per heavy atom. The zero-order valence-electron chi connectivity index (χ0n) is 22.2. The molecule has 10 nitrogen and oxygen atoms in total. The van der Waals surface area contributed by atoms with Crippen LogP contribution >= 0.6 is 0 Å². The number of para-hydroxylation sites is 1. The molecular formula is C28H35N7O3. The highest BCUT2D eigenvalue weighted by atomic mass is 16.5. The number of hydrogen-bond acceptors (Lipinski definition) is 8. The molecule has 0 saturated carbocycles. The van der Waals surface area contributed by atoms with Gasteiger partial charge in [-0.05, 0) is 64.0 Å². The summed E-state index contributed by atoms with van der Waals surface area (Å²) in [6.07, 6.45) is 6.97. The molecule has 1 aromatic carbocycles. The molecule has 0 unspecified atom stereocenters. The number of anilines is 4. The average molecular weight is 518 g/mol. The Morgan fingerprint density at radius 2 is 1.82 bits per heavy atom. The van der Waals surface area contributed by atoms with Gasteiger partial charge in [-0.25, -0.2) is 4.98 Å². The van der Waals surface area contributed by atoms with Gasteiger partial charge in [0.2, 0.25) is 17.8 Å². The Kier molecular flexibility index (Phi) is 7.59. The van der Waals surface area contributed by atoms with Gasteiger partial charge in [-0.2, -0.15) is 4.98 Å². The summed E-state index contributed by atoms with van der Waals surface area (Å²) in [6, 6.07) is 10.1. The zero-order chi connectivity index (χ0) is 26.6. The number of nitrogens with zero attached hydrogens (tertiary/aromatic N) is 5. The summed E-state index contributed by atoms with van der Waals surface area (Å²) in [7, 11) is 5.46. The smallest absolute Gasteiger partial charge is 0.247 e. The van der Waals surface area contributed by atoms with Crippen LogP contribution in [-0.2, 0) is 14.3 Å². The molecule has 2 aliphatic heterocycles. The lowest BCUT2D eigenvalue weighted by Gasteiger charge is -2.30. The van der Waals surface area contributed by atoms with Crippen LogP contribution in [0.25, 0.3) is 0 Å². The lowest BCUT2D eigenvalue weighted by molar-refractivity contribution is -0.119. The fourth-order valence-electron chi connectivity index (χ4n) is 5.09. The number of ether oxygens (including phenoxy) is 1. The Bertz CT molecular complexity index is 1250. The normalized spacial score (nSPS) is 19.0. The number of carbonyl (C=O) groups excluding carboxylic acids is 2. The third-order valence-corrected chi connectivity index (χ3v) is 7.43. The molecule has 0 bridgehead atoms. The van der Waals surface area contributed by atoms with Gasteiger partial charge in [-0.15, -0.1) is 0 Å². The largest absolute Gasteiger partial charge is 0.495 e. The summed E-state index contributed by atoms with van der Waals surface area (Å²) in [4.78, 5) is 40.8. The van der Waals surface area contributed by atoms with Crippen LogP contribution < -0.4 is 20.4 Å². The molecule has 0 spiro atoms. The van der Waals surface area contributed by atoms with Crippen LogP contribution in [-0.4, -0.2) is 73.6 Å². The third kappa shape index (κ3) is 5.50. The van der Waals surface area contributed by atoms with E-state index in [1.54, 1.807) is 25.3 Å². The van der Waals surface area contributed by atoms with Gasteiger partial charge in [0.25, 0.3) is 0 Å². The predicted octanol–water partition coefficient (Wildman–Crippen LogP) is 3.18. The first-order chi connectivity index (χ1) is 18.4. The molecule has 1 saturated heterocycles. The van der Waals surface area contributed by atoms with Crippen molar-refractivity contribution < 1.29 is 14.3 Å². The number of amides is 2. The quantitative estimate of drug-likeness (QED) is 0.602. The monoisotopic (exact) mass is 517 g/mol. The van der Waals surface area contributed by atoms with E-state index in [-0.39, 0.29) is 17.9 Å². The van der Waals surface area contributed by atoms with Crippen molar-refractivity contribution in [2.45, 2.75) is 38.1 Å². The van der Waals surface area contributed by atoms with Gasteiger partial charge in [0.05, 0.1) is 19.0 Å². The molecule has 200 valence electrons. The van der Waals surface area contributed by atoms with Crippen molar-refractivity contribution in [2.24, 2.45) is 0 Å². The minimum absolute atomic E-state index is 0.0156. The highest BCUT2D eigenvalue weighted by molar-refractivity contribution is 5.98. The number of hydrogen-bond donors (Lipinski definition) is 2. The van der Waals surface area contributed by atoms with Gasteiger partial charge in [0.1, 0.15) is 11.4 Å². The number of likely N-dealkylation sites (tertiary alicyclic amines) is 1. The summed E-state index contributed by atoms with van der Waals surface area (Å²) in [5.41, 5.74) is 3.13. The van der Waals surface area contributed by atoms with E-state index < -0.39 is 0 Å². The van der Waals surface area contributed by atoms with Crippen LogP contribution in [0.5, 0.6) is 0 Å². The number of fused-ring (bicyclic) bond motifs is 1. The van der Waals surface area contributed by atoms with Gasteiger partial charge in [0.15, 0.2) is 5.82 Å². The molecule has 0 radical (unpaired) electrons. The molecule has 1 aliphatic carbocycles. The van der Waals surface area contributed by atoms with Gasteiger partial charge in [-0.3, -0.25) is 9.59 Å². The van der Waals surface area contributed by atoms with Crippen LogP contribution in [0, 0.1) is 0 Å². The van der Waals surface area contributed by atoms with Gasteiger partial charge < -0.3 is 30.1 Å². The summed E-state index contributed by atoms with van der Waals surface area (Å²) < 4.78 is 5.65. The predicted molar refractivity (Wildman–Crippen MR) is 147 cm³/mol. The van der Waals surface area contributed by atoms with Crippen molar-refractivity contribution in [3.8, 4) is 0 Å². The molecule has 5 rings (SSSR count). The molecule has 2 aromatic rings. The minimum Gasteiger partial charge on any atom is -0.495 e. The minimum atomic E-state index is -0.0272. The molecular weight excluding hydrogens is 482 g/mol. The Morgan fingerprint density at radius 3 is 2.55 bits per heavy atom. The van der Waals surface area contributed by atoms with Crippen LogP contribution in [0.2, 0.25) is 0 Å². The van der Waals surface area contributed by atoms with Crippen molar-refractivity contribution in [3.63, 3.8) is 0 Å². The Labute approximate surface area is 223 Å². The van der Waals surface area contributed by atoms with Crippen molar-refractivity contribution >= 4 is 35.0 Å². The van der Waals surface area contributed by atoms with Crippen molar-refractivity contribution in [3.05, 3.63) is 59.6 Å². The lowest BCUT2D eigenvalue weighted by Crippen LogP contribution is -2.44. The second-order valence-electron chi connectivity index (χ2n) is 9.98. The zero-order valence-corrected chi connectivity index (χ0v) is 22.2. The second-order valence-corrected chi connectivity index (χ2v) is 9.98. The summed E-state index contributed by atoms with van der Waals surface area (Å²) >= 11 is 0. The Hall–Kier alpha value is -3.92. The van der Waals surface area contributed by atoms with E-state index in [9.17, 15) is 9.59 Å². The maximum absolute atomic E-state index is 12.9. The van der Waals surface area contributed by atoms with E-state index in [2.05, 4.69) is 27.6 Å². The van der Waals surface area contributed by atoms with Crippen LogP contribution in [0.15, 0.2) is 59.6 Å².